The highest BCUT2D eigenvalue weighted by Gasteiger charge is 2.17. The average molecular weight is 341 g/mol. The molecule has 0 saturated carbocycles. The second-order valence-corrected chi connectivity index (χ2v) is 4.92. The van der Waals surface area contributed by atoms with Crippen molar-refractivity contribution < 1.29 is 9.90 Å². The molecule has 5 heteroatoms. The predicted octanol–water partition coefficient (Wildman–Crippen LogP) is 4.84. The number of fused-ring (bicyclic) bond motifs is 1. The Morgan fingerprint density at radius 3 is 2.74 bits per heavy atom. The lowest BCUT2D eigenvalue weighted by Gasteiger charge is -2.20. The molecule has 0 aromatic heterocycles. The van der Waals surface area contributed by atoms with Crippen molar-refractivity contribution in [3.8, 4) is 0 Å². The van der Waals surface area contributed by atoms with Crippen LogP contribution < -0.4 is 4.90 Å². The molecule has 0 bridgehead atoms. The van der Waals surface area contributed by atoms with Crippen LogP contribution in [0.25, 0.3) is 10.8 Å². The Hall–Kier alpha value is -1.52. The van der Waals surface area contributed by atoms with Crippen molar-refractivity contribution >= 4 is 50.1 Å². The summed E-state index contributed by atoms with van der Waals surface area (Å²) in [6.07, 6.45) is 0.558. The van der Waals surface area contributed by atoms with E-state index in [9.17, 15) is 9.90 Å². The summed E-state index contributed by atoms with van der Waals surface area (Å²) >= 11 is 8.94. The summed E-state index contributed by atoms with van der Waals surface area (Å²) in [6.45, 7) is 0.204. The van der Waals surface area contributed by atoms with Crippen LogP contribution in [0.15, 0.2) is 52.5 Å². The van der Waals surface area contributed by atoms with E-state index in [1.807, 2.05) is 30.3 Å². The van der Waals surface area contributed by atoms with Gasteiger partial charge in [0, 0.05) is 16.6 Å². The number of amides is 1. The van der Waals surface area contributed by atoms with Gasteiger partial charge in [0.05, 0.1) is 5.69 Å². The third-order valence-corrected chi connectivity index (χ3v) is 3.75. The number of nitrogens with zero attached hydrogens (tertiary/aromatic N) is 1. The molecule has 0 heterocycles. The van der Waals surface area contributed by atoms with Crippen LogP contribution in [0.1, 0.15) is 0 Å². The molecule has 1 N–H and O–H groups in total. The van der Waals surface area contributed by atoms with Crippen LogP contribution in [-0.4, -0.2) is 17.7 Å². The predicted molar refractivity (Wildman–Crippen MR) is 82.0 cm³/mol. The van der Waals surface area contributed by atoms with E-state index in [1.54, 1.807) is 12.1 Å². The van der Waals surface area contributed by atoms with Crippen LogP contribution in [0.4, 0.5) is 10.5 Å². The lowest BCUT2D eigenvalue weighted by atomic mass is 10.1. The van der Waals surface area contributed by atoms with Crippen LogP contribution in [0, 0.1) is 0 Å². The van der Waals surface area contributed by atoms with E-state index >= 15 is 0 Å². The smallest absolute Gasteiger partial charge is 0.412 e. The first kappa shape index (κ1) is 13.9. The Morgan fingerprint density at radius 1 is 1.32 bits per heavy atom. The van der Waals surface area contributed by atoms with Gasteiger partial charge >= 0.3 is 6.09 Å². The van der Waals surface area contributed by atoms with Crippen molar-refractivity contribution in [2.75, 3.05) is 11.4 Å². The van der Waals surface area contributed by atoms with Gasteiger partial charge in [-0.25, -0.2) is 4.79 Å². The van der Waals surface area contributed by atoms with Crippen LogP contribution in [0.2, 0.25) is 0 Å². The molecule has 0 fully saturated rings. The molecule has 0 saturated heterocycles. The monoisotopic (exact) mass is 339 g/mol. The second-order valence-electron chi connectivity index (χ2n) is 3.87. The number of carbonyl (C=O) groups is 1. The summed E-state index contributed by atoms with van der Waals surface area (Å²) in [5, 5.41) is 11.3. The molecule has 3 nitrogen and oxygen atoms in total. The van der Waals surface area contributed by atoms with E-state index in [2.05, 4.69) is 15.9 Å². The van der Waals surface area contributed by atoms with Crippen molar-refractivity contribution in [2.24, 2.45) is 0 Å². The fraction of sp³-hybridized carbons (Fsp3) is 0.0714. The molecular formula is C14H11BrClNO2. The van der Waals surface area contributed by atoms with Crippen LogP contribution >= 0.6 is 27.5 Å². The average Bonchev–Trinajstić information content (AvgIpc) is 2.41. The van der Waals surface area contributed by atoms with Gasteiger partial charge in [-0.05, 0) is 32.8 Å². The molecule has 0 spiro atoms. The SMILES string of the molecule is O=C(O)N(C/C=C/Cl)c1ccc2ccccc2c1Br. The van der Waals surface area contributed by atoms with Crippen molar-refractivity contribution in [1.82, 2.24) is 0 Å². The molecule has 98 valence electrons. The van der Waals surface area contributed by atoms with Gasteiger partial charge in [-0.3, -0.25) is 4.90 Å². The van der Waals surface area contributed by atoms with Crippen LogP contribution in [0.5, 0.6) is 0 Å². The van der Waals surface area contributed by atoms with Gasteiger partial charge in [0.25, 0.3) is 0 Å². The number of hydrogen-bond acceptors (Lipinski definition) is 1. The summed E-state index contributed by atoms with van der Waals surface area (Å²) in [5.74, 6) is 0. The first-order valence-electron chi connectivity index (χ1n) is 5.58. The fourth-order valence-corrected chi connectivity index (χ4v) is 2.64. The van der Waals surface area contributed by atoms with Gasteiger partial charge in [0.1, 0.15) is 0 Å². The highest BCUT2D eigenvalue weighted by molar-refractivity contribution is 9.10. The van der Waals surface area contributed by atoms with Gasteiger partial charge in [-0.15, -0.1) is 0 Å². The summed E-state index contributed by atoms with van der Waals surface area (Å²) in [7, 11) is 0. The molecule has 2 rings (SSSR count). The molecule has 0 atom stereocenters. The van der Waals surface area contributed by atoms with Gasteiger partial charge in [-0.1, -0.05) is 48.0 Å². The Balaban J connectivity index is 2.53. The number of rotatable bonds is 3. The van der Waals surface area contributed by atoms with Gasteiger partial charge in [-0.2, -0.15) is 0 Å². The maximum absolute atomic E-state index is 11.3. The largest absolute Gasteiger partial charge is 0.465 e. The second kappa shape index (κ2) is 6.08. The maximum Gasteiger partial charge on any atom is 0.412 e. The minimum absolute atomic E-state index is 0.204. The van der Waals surface area contributed by atoms with Gasteiger partial charge < -0.3 is 5.11 Å². The molecule has 19 heavy (non-hydrogen) atoms. The minimum Gasteiger partial charge on any atom is -0.465 e. The van der Waals surface area contributed by atoms with E-state index < -0.39 is 6.09 Å². The number of benzene rings is 2. The number of hydrogen-bond donors (Lipinski definition) is 1. The summed E-state index contributed by atoms with van der Waals surface area (Å²) in [6, 6.07) is 11.5. The number of anilines is 1. The molecule has 2 aromatic rings. The number of carboxylic acid groups (broad SMARTS) is 1. The summed E-state index contributed by atoms with van der Waals surface area (Å²) in [4.78, 5) is 12.6. The minimum atomic E-state index is -1.02. The van der Waals surface area contributed by atoms with Gasteiger partial charge in [0.2, 0.25) is 0 Å². The Labute approximate surface area is 124 Å². The van der Waals surface area contributed by atoms with E-state index in [-0.39, 0.29) is 6.54 Å². The third-order valence-electron chi connectivity index (χ3n) is 2.74. The molecule has 0 aliphatic rings. The normalized spacial score (nSPS) is 11.1. The molecular weight excluding hydrogens is 330 g/mol. The van der Waals surface area contributed by atoms with Crippen molar-refractivity contribution in [3.63, 3.8) is 0 Å². The lowest BCUT2D eigenvalue weighted by molar-refractivity contribution is 0.202. The van der Waals surface area contributed by atoms with Crippen molar-refractivity contribution in [3.05, 3.63) is 52.5 Å². The molecule has 0 aliphatic carbocycles. The molecule has 0 radical (unpaired) electrons. The highest BCUT2D eigenvalue weighted by atomic mass is 79.9. The highest BCUT2D eigenvalue weighted by Crippen LogP contribution is 2.33. The third kappa shape index (κ3) is 2.91. The van der Waals surface area contributed by atoms with Crippen LogP contribution in [0.3, 0.4) is 0 Å². The molecule has 0 unspecified atom stereocenters. The zero-order valence-corrected chi connectivity index (χ0v) is 12.2. The molecule has 0 aliphatic heterocycles. The Bertz CT molecular complexity index is 642. The van der Waals surface area contributed by atoms with Crippen LogP contribution in [-0.2, 0) is 0 Å². The first-order valence-corrected chi connectivity index (χ1v) is 6.81. The fourth-order valence-electron chi connectivity index (χ4n) is 1.86. The number of halogens is 2. The summed E-state index contributed by atoms with van der Waals surface area (Å²) < 4.78 is 0.760. The zero-order chi connectivity index (χ0) is 13.8. The Kier molecular flexibility index (Phi) is 4.45. The maximum atomic E-state index is 11.3. The zero-order valence-electron chi connectivity index (χ0n) is 9.88. The Morgan fingerprint density at radius 2 is 2.05 bits per heavy atom. The molecule has 2 aromatic carbocycles. The van der Waals surface area contributed by atoms with Crippen molar-refractivity contribution in [2.45, 2.75) is 0 Å². The lowest BCUT2D eigenvalue weighted by Crippen LogP contribution is -2.29. The standard InChI is InChI=1S/C14H11BrClNO2/c15-13-11-5-2-1-4-10(11)6-7-12(13)17(14(18)19)9-3-8-16/h1-8H,9H2,(H,18,19)/b8-3+. The van der Waals surface area contributed by atoms with E-state index in [1.165, 1.54) is 10.4 Å². The summed E-state index contributed by atoms with van der Waals surface area (Å²) in [5.41, 5.74) is 1.91. The van der Waals surface area contributed by atoms with E-state index in [0.717, 1.165) is 15.2 Å². The quantitative estimate of drug-likeness (QED) is 0.868. The van der Waals surface area contributed by atoms with E-state index in [0.29, 0.717) is 5.69 Å². The van der Waals surface area contributed by atoms with Crippen molar-refractivity contribution in [1.29, 1.82) is 0 Å². The molecule has 1 amide bonds. The van der Waals surface area contributed by atoms with Gasteiger partial charge in [0.15, 0.2) is 0 Å². The van der Waals surface area contributed by atoms with E-state index in [4.69, 9.17) is 11.6 Å². The topological polar surface area (TPSA) is 40.5 Å². The first-order chi connectivity index (χ1) is 9.15.